The number of carbonyl (C=O) groups is 1. The van der Waals surface area contributed by atoms with Crippen LogP contribution in [0.4, 0.5) is 4.79 Å². The van der Waals surface area contributed by atoms with Crippen LogP contribution in [0.25, 0.3) is 0 Å². The molecule has 0 atom stereocenters. The minimum absolute atomic E-state index is 0.181. The van der Waals surface area contributed by atoms with E-state index in [2.05, 4.69) is 4.74 Å². The summed E-state index contributed by atoms with van der Waals surface area (Å²) in [7, 11) is 1.21. The maximum absolute atomic E-state index is 10.7. The molecular weight excluding hydrogens is 215 g/mol. The number of rotatable bonds is 1. The predicted octanol–water partition coefficient (Wildman–Crippen LogP) is 3.14. The van der Waals surface area contributed by atoms with Gasteiger partial charge in [-0.2, -0.15) is 0 Å². The van der Waals surface area contributed by atoms with E-state index in [-0.39, 0.29) is 10.8 Å². The van der Waals surface area contributed by atoms with Crippen molar-refractivity contribution in [3.05, 3.63) is 28.2 Å². The highest BCUT2D eigenvalue weighted by Gasteiger charge is 2.09. The van der Waals surface area contributed by atoms with E-state index in [9.17, 15) is 4.79 Å². The Bertz CT molecular complexity index is 325. The molecule has 5 heteroatoms. The summed E-state index contributed by atoms with van der Waals surface area (Å²) in [4.78, 5) is 10.7. The van der Waals surface area contributed by atoms with Gasteiger partial charge in [-0.25, -0.2) is 4.79 Å². The van der Waals surface area contributed by atoms with Crippen LogP contribution in [-0.4, -0.2) is 13.3 Å². The third-order valence-electron chi connectivity index (χ3n) is 1.28. The molecule has 0 aliphatic heterocycles. The van der Waals surface area contributed by atoms with E-state index < -0.39 is 6.16 Å². The van der Waals surface area contributed by atoms with E-state index in [1.807, 2.05) is 0 Å². The van der Waals surface area contributed by atoms with Crippen molar-refractivity contribution in [3.63, 3.8) is 0 Å². The summed E-state index contributed by atoms with van der Waals surface area (Å²) >= 11 is 11.4. The zero-order valence-electron chi connectivity index (χ0n) is 6.71. The SMILES string of the molecule is COC(=O)Oc1cccc(Cl)c1Cl. The molecular formula is C8H6Cl2O3. The number of hydrogen-bond acceptors (Lipinski definition) is 3. The largest absolute Gasteiger partial charge is 0.513 e. The maximum atomic E-state index is 10.7. The first-order valence-corrected chi connectivity index (χ1v) is 4.10. The standard InChI is InChI=1S/C8H6Cl2O3/c1-12-8(11)13-6-4-2-3-5(9)7(6)10/h2-4H,1H3. The molecule has 13 heavy (non-hydrogen) atoms. The zero-order valence-corrected chi connectivity index (χ0v) is 8.22. The van der Waals surface area contributed by atoms with Crippen molar-refractivity contribution in [2.24, 2.45) is 0 Å². The van der Waals surface area contributed by atoms with Gasteiger partial charge in [0, 0.05) is 0 Å². The molecule has 0 amide bonds. The van der Waals surface area contributed by atoms with Crippen molar-refractivity contribution in [1.82, 2.24) is 0 Å². The first kappa shape index (κ1) is 10.2. The minimum atomic E-state index is -0.829. The number of halogens is 2. The average Bonchev–Trinajstić information content (AvgIpc) is 2.13. The van der Waals surface area contributed by atoms with Gasteiger partial charge in [0.05, 0.1) is 12.1 Å². The molecule has 1 aromatic carbocycles. The fraction of sp³-hybridized carbons (Fsp3) is 0.125. The molecule has 0 bridgehead atoms. The fourth-order valence-corrected chi connectivity index (χ4v) is 1.02. The molecule has 0 heterocycles. The minimum Gasteiger partial charge on any atom is -0.437 e. The molecule has 70 valence electrons. The molecule has 1 rings (SSSR count). The highest BCUT2D eigenvalue weighted by molar-refractivity contribution is 6.42. The second-order valence-corrected chi connectivity index (χ2v) is 2.89. The summed E-state index contributed by atoms with van der Waals surface area (Å²) in [6.45, 7) is 0. The van der Waals surface area contributed by atoms with E-state index in [4.69, 9.17) is 27.9 Å². The van der Waals surface area contributed by atoms with Gasteiger partial charge in [0.2, 0.25) is 0 Å². The molecule has 0 spiro atoms. The van der Waals surface area contributed by atoms with Crippen molar-refractivity contribution in [3.8, 4) is 5.75 Å². The zero-order chi connectivity index (χ0) is 9.84. The van der Waals surface area contributed by atoms with Gasteiger partial charge in [0.25, 0.3) is 0 Å². The number of benzene rings is 1. The van der Waals surface area contributed by atoms with Crippen LogP contribution in [0.5, 0.6) is 5.75 Å². The number of hydrogen-bond donors (Lipinski definition) is 0. The van der Waals surface area contributed by atoms with Gasteiger partial charge in [-0.1, -0.05) is 29.3 Å². The number of carbonyl (C=O) groups excluding carboxylic acids is 1. The molecule has 0 saturated carbocycles. The highest BCUT2D eigenvalue weighted by Crippen LogP contribution is 2.31. The van der Waals surface area contributed by atoms with E-state index in [1.54, 1.807) is 12.1 Å². The fourth-order valence-electron chi connectivity index (χ4n) is 0.694. The van der Waals surface area contributed by atoms with Gasteiger partial charge < -0.3 is 9.47 Å². The molecule has 0 saturated heterocycles. The lowest BCUT2D eigenvalue weighted by molar-refractivity contribution is 0.121. The Morgan fingerprint density at radius 3 is 2.69 bits per heavy atom. The van der Waals surface area contributed by atoms with Crippen molar-refractivity contribution in [1.29, 1.82) is 0 Å². The third kappa shape index (κ3) is 2.50. The summed E-state index contributed by atoms with van der Waals surface area (Å²) < 4.78 is 8.98. The number of ether oxygens (including phenoxy) is 2. The van der Waals surface area contributed by atoms with Gasteiger partial charge in [-0.3, -0.25) is 0 Å². The molecule has 0 unspecified atom stereocenters. The maximum Gasteiger partial charge on any atom is 0.513 e. The Morgan fingerprint density at radius 1 is 1.38 bits per heavy atom. The van der Waals surface area contributed by atoms with Crippen LogP contribution in [-0.2, 0) is 4.74 Å². The number of methoxy groups -OCH3 is 1. The van der Waals surface area contributed by atoms with Crippen molar-refractivity contribution in [2.75, 3.05) is 7.11 Å². The second-order valence-electron chi connectivity index (χ2n) is 2.11. The molecule has 0 radical (unpaired) electrons. The lowest BCUT2D eigenvalue weighted by Crippen LogP contribution is -2.07. The van der Waals surface area contributed by atoms with E-state index in [1.165, 1.54) is 13.2 Å². The summed E-state index contributed by atoms with van der Waals surface area (Å²) in [6, 6.07) is 4.73. The first-order valence-electron chi connectivity index (χ1n) is 3.35. The Morgan fingerprint density at radius 2 is 2.08 bits per heavy atom. The monoisotopic (exact) mass is 220 g/mol. The molecule has 1 aromatic rings. The first-order chi connectivity index (χ1) is 6.15. The van der Waals surface area contributed by atoms with Crippen LogP contribution in [0.15, 0.2) is 18.2 Å². The van der Waals surface area contributed by atoms with E-state index in [0.717, 1.165) is 0 Å². The van der Waals surface area contributed by atoms with Gasteiger partial charge in [0.1, 0.15) is 5.02 Å². The lowest BCUT2D eigenvalue weighted by atomic mass is 10.3. The van der Waals surface area contributed by atoms with Crippen LogP contribution in [0, 0.1) is 0 Å². The topological polar surface area (TPSA) is 35.5 Å². The Hall–Kier alpha value is -0.930. The van der Waals surface area contributed by atoms with E-state index >= 15 is 0 Å². The van der Waals surface area contributed by atoms with Gasteiger partial charge >= 0.3 is 6.16 Å². The molecule has 0 aliphatic carbocycles. The van der Waals surface area contributed by atoms with Gasteiger partial charge in [-0.15, -0.1) is 0 Å². The molecule has 0 fully saturated rings. The van der Waals surface area contributed by atoms with Crippen LogP contribution in [0.2, 0.25) is 10.0 Å². The van der Waals surface area contributed by atoms with Crippen LogP contribution < -0.4 is 4.74 Å². The van der Waals surface area contributed by atoms with Gasteiger partial charge in [0.15, 0.2) is 5.75 Å². The lowest BCUT2D eigenvalue weighted by Gasteiger charge is -2.04. The molecule has 0 N–H and O–H groups in total. The smallest absolute Gasteiger partial charge is 0.437 e. The average molecular weight is 221 g/mol. The highest BCUT2D eigenvalue weighted by atomic mass is 35.5. The Labute approximate surface area is 85.2 Å². The Balaban J connectivity index is 2.89. The second kappa shape index (κ2) is 4.35. The predicted molar refractivity (Wildman–Crippen MR) is 49.5 cm³/mol. The summed E-state index contributed by atoms with van der Waals surface area (Å²) in [6.07, 6.45) is -0.829. The Kier molecular flexibility index (Phi) is 3.39. The van der Waals surface area contributed by atoms with Crippen molar-refractivity contribution >= 4 is 29.4 Å². The summed E-state index contributed by atoms with van der Waals surface area (Å²) in [5.41, 5.74) is 0. The molecule has 0 aliphatic rings. The van der Waals surface area contributed by atoms with Gasteiger partial charge in [-0.05, 0) is 12.1 Å². The van der Waals surface area contributed by atoms with Crippen LogP contribution in [0.1, 0.15) is 0 Å². The normalized spacial score (nSPS) is 9.46. The van der Waals surface area contributed by atoms with Crippen molar-refractivity contribution < 1.29 is 14.3 Å². The van der Waals surface area contributed by atoms with Crippen LogP contribution >= 0.6 is 23.2 Å². The van der Waals surface area contributed by atoms with Crippen LogP contribution in [0.3, 0.4) is 0 Å². The quantitative estimate of drug-likeness (QED) is 0.539. The summed E-state index contributed by atoms with van der Waals surface area (Å²) in [5, 5.41) is 0.512. The summed E-state index contributed by atoms with van der Waals surface area (Å²) in [5.74, 6) is 0.181. The van der Waals surface area contributed by atoms with Crippen molar-refractivity contribution in [2.45, 2.75) is 0 Å². The molecule has 0 aromatic heterocycles. The van der Waals surface area contributed by atoms with E-state index in [0.29, 0.717) is 5.02 Å². The third-order valence-corrected chi connectivity index (χ3v) is 2.08. The molecule has 3 nitrogen and oxygen atoms in total.